The molecule has 0 saturated carbocycles. The van der Waals surface area contributed by atoms with E-state index < -0.39 is 0 Å². The van der Waals surface area contributed by atoms with Crippen molar-refractivity contribution in [2.45, 2.75) is 45.6 Å². The number of nitrogens with zero attached hydrogens (tertiary/aromatic N) is 3. The highest BCUT2D eigenvalue weighted by molar-refractivity contribution is 5.89. The van der Waals surface area contributed by atoms with E-state index >= 15 is 0 Å². The Morgan fingerprint density at radius 3 is 2.72 bits per heavy atom. The number of likely N-dealkylation sites (tertiary alicyclic amines) is 1. The molecule has 29 heavy (non-hydrogen) atoms. The van der Waals surface area contributed by atoms with Crippen LogP contribution in [0.4, 0.5) is 10.5 Å². The van der Waals surface area contributed by atoms with Gasteiger partial charge in [0.1, 0.15) is 6.04 Å². The number of anilines is 1. The molecule has 2 amide bonds. The maximum atomic E-state index is 12.9. The number of carbonyl (C=O) groups excluding carboxylic acids is 1. The normalized spacial score (nSPS) is 16.4. The van der Waals surface area contributed by atoms with Gasteiger partial charge in [-0.15, -0.1) is 0 Å². The fourth-order valence-corrected chi connectivity index (χ4v) is 3.69. The maximum absolute atomic E-state index is 12.9. The molecule has 4 rings (SSSR count). The van der Waals surface area contributed by atoms with Crippen molar-refractivity contribution in [3.63, 3.8) is 0 Å². The molecular formula is C23H26N4O2. The van der Waals surface area contributed by atoms with Crippen molar-refractivity contribution in [2.24, 2.45) is 0 Å². The standard InChI is InChI=1S/C23H26N4O2/c1-15(2)17-9-11-19(12-10-17)24-23(28)27-13-5-8-20(27)22-25-21(26-29-22)18-7-4-6-16(3)14-18/h4,6-7,9-12,14-15,20H,5,8,13H2,1-3H3,(H,24,28)/t20-/m1/s1. The number of hydrogen-bond donors (Lipinski definition) is 1. The molecule has 0 aliphatic carbocycles. The first-order valence-electron chi connectivity index (χ1n) is 10.1. The topological polar surface area (TPSA) is 71.3 Å². The lowest BCUT2D eigenvalue weighted by Gasteiger charge is -2.22. The van der Waals surface area contributed by atoms with E-state index in [1.807, 2.05) is 55.5 Å². The first kappa shape index (κ1) is 19.2. The molecule has 1 aromatic heterocycles. The highest BCUT2D eigenvalue weighted by Crippen LogP contribution is 2.32. The molecule has 6 nitrogen and oxygen atoms in total. The summed E-state index contributed by atoms with van der Waals surface area (Å²) in [5.74, 6) is 1.51. The van der Waals surface area contributed by atoms with Gasteiger partial charge in [0, 0.05) is 17.8 Å². The molecule has 0 spiro atoms. The molecule has 1 atom stereocenters. The molecule has 1 aliphatic heterocycles. The molecule has 1 saturated heterocycles. The molecule has 2 heterocycles. The Morgan fingerprint density at radius 2 is 2.00 bits per heavy atom. The number of hydrogen-bond acceptors (Lipinski definition) is 4. The third-order valence-corrected chi connectivity index (χ3v) is 5.35. The summed E-state index contributed by atoms with van der Waals surface area (Å²) >= 11 is 0. The summed E-state index contributed by atoms with van der Waals surface area (Å²) < 4.78 is 5.53. The molecule has 6 heteroatoms. The van der Waals surface area contributed by atoms with E-state index in [4.69, 9.17) is 4.52 Å². The first-order chi connectivity index (χ1) is 14.0. The van der Waals surface area contributed by atoms with E-state index in [0.717, 1.165) is 29.7 Å². The van der Waals surface area contributed by atoms with Crippen molar-refractivity contribution in [2.75, 3.05) is 11.9 Å². The minimum Gasteiger partial charge on any atom is -0.337 e. The van der Waals surface area contributed by atoms with Crippen molar-refractivity contribution in [1.29, 1.82) is 0 Å². The maximum Gasteiger partial charge on any atom is 0.322 e. The van der Waals surface area contributed by atoms with E-state index in [-0.39, 0.29) is 12.1 Å². The van der Waals surface area contributed by atoms with Crippen molar-refractivity contribution >= 4 is 11.7 Å². The van der Waals surface area contributed by atoms with Gasteiger partial charge in [0.2, 0.25) is 11.7 Å². The van der Waals surface area contributed by atoms with Gasteiger partial charge >= 0.3 is 6.03 Å². The molecule has 1 fully saturated rings. The Morgan fingerprint density at radius 1 is 1.21 bits per heavy atom. The van der Waals surface area contributed by atoms with E-state index in [1.54, 1.807) is 4.90 Å². The minimum atomic E-state index is -0.198. The fourth-order valence-electron chi connectivity index (χ4n) is 3.69. The molecule has 0 bridgehead atoms. The second kappa shape index (κ2) is 8.07. The number of benzene rings is 2. The summed E-state index contributed by atoms with van der Waals surface area (Å²) in [6, 6.07) is 15.6. The monoisotopic (exact) mass is 390 g/mol. The van der Waals surface area contributed by atoms with Gasteiger partial charge in [-0.25, -0.2) is 4.79 Å². The summed E-state index contributed by atoms with van der Waals surface area (Å²) in [7, 11) is 0. The van der Waals surface area contributed by atoms with Crippen LogP contribution >= 0.6 is 0 Å². The van der Waals surface area contributed by atoms with Crippen LogP contribution in [-0.4, -0.2) is 27.6 Å². The van der Waals surface area contributed by atoms with Gasteiger partial charge in [-0.2, -0.15) is 4.98 Å². The van der Waals surface area contributed by atoms with Crippen LogP contribution in [0.15, 0.2) is 53.1 Å². The number of aromatic nitrogens is 2. The molecular weight excluding hydrogens is 364 g/mol. The molecule has 0 radical (unpaired) electrons. The third-order valence-electron chi connectivity index (χ3n) is 5.35. The van der Waals surface area contributed by atoms with Crippen molar-refractivity contribution in [1.82, 2.24) is 15.0 Å². The van der Waals surface area contributed by atoms with Crippen LogP contribution in [0, 0.1) is 6.92 Å². The minimum absolute atomic E-state index is 0.139. The van der Waals surface area contributed by atoms with E-state index in [0.29, 0.717) is 24.2 Å². The van der Waals surface area contributed by atoms with E-state index in [9.17, 15) is 4.79 Å². The van der Waals surface area contributed by atoms with Gasteiger partial charge < -0.3 is 14.7 Å². The fraction of sp³-hybridized carbons (Fsp3) is 0.348. The zero-order chi connectivity index (χ0) is 20.4. The Balaban J connectivity index is 1.48. The zero-order valence-corrected chi connectivity index (χ0v) is 17.1. The predicted molar refractivity (Wildman–Crippen MR) is 113 cm³/mol. The number of carbonyl (C=O) groups is 1. The van der Waals surface area contributed by atoms with Crippen molar-refractivity contribution in [3.8, 4) is 11.4 Å². The molecule has 1 N–H and O–H groups in total. The van der Waals surface area contributed by atoms with Gasteiger partial charge in [0.05, 0.1) is 0 Å². The number of urea groups is 1. The Hall–Kier alpha value is -3.15. The highest BCUT2D eigenvalue weighted by Gasteiger charge is 2.34. The number of rotatable bonds is 4. The second-order valence-corrected chi connectivity index (χ2v) is 7.88. The SMILES string of the molecule is Cc1cccc(-c2noc([C@H]3CCCN3C(=O)Nc3ccc(C(C)C)cc3)n2)c1. The lowest BCUT2D eigenvalue weighted by molar-refractivity contribution is 0.193. The van der Waals surface area contributed by atoms with Gasteiger partial charge in [-0.05, 0) is 49.4 Å². The summed E-state index contributed by atoms with van der Waals surface area (Å²) in [6.07, 6.45) is 1.72. The quantitative estimate of drug-likeness (QED) is 0.635. The second-order valence-electron chi connectivity index (χ2n) is 7.88. The van der Waals surface area contributed by atoms with Crippen LogP contribution in [0.5, 0.6) is 0 Å². The lowest BCUT2D eigenvalue weighted by Crippen LogP contribution is -2.34. The predicted octanol–water partition coefficient (Wildman–Crippen LogP) is 5.54. The van der Waals surface area contributed by atoms with Crippen LogP contribution < -0.4 is 5.32 Å². The van der Waals surface area contributed by atoms with Crippen LogP contribution in [0.25, 0.3) is 11.4 Å². The molecule has 3 aromatic rings. The number of nitrogens with one attached hydrogen (secondary N) is 1. The van der Waals surface area contributed by atoms with Crippen LogP contribution in [0.3, 0.4) is 0 Å². The summed E-state index contributed by atoms with van der Waals surface area (Å²) in [5.41, 5.74) is 4.09. The third kappa shape index (κ3) is 4.16. The highest BCUT2D eigenvalue weighted by atomic mass is 16.5. The Bertz CT molecular complexity index is 994. The van der Waals surface area contributed by atoms with Gasteiger partial charge in [-0.1, -0.05) is 54.9 Å². The van der Waals surface area contributed by atoms with Gasteiger partial charge in [0.25, 0.3) is 0 Å². The Labute approximate surface area is 170 Å². The Kier molecular flexibility index (Phi) is 5.34. The average molecular weight is 390 g/mol. The smallest absolute Gasteiger partial charge is 0.322 e. The molecule has 1 aliphatic rings. The molecule has 2 aromatic carbocycles. The molecule has 0 unspecified atom stereocenters. The first-order valence-corrected chi connectivity index (χ1v) is 10.1. The lowest BCUT2D eigenvalue weighted by atomic mass is 10.0. The number of amides is 2. The van der Waals surface area contributed by atoms with E-state index in [2.05, 4.69) is 29.3 Å². The summed E-state index contributed by atoms with van der Waals surface area (Å²) in [4.78, 5) is 19.2. The number of aryl methyl sites for hydroxylation is 1. The summed E-state index contributed by atoms with van der Waals surface area (Å²) in [6.45, 7) is 7.00. The van der Waals surface area contributed by atoms with Crippen LogP contribution in [-0.2, 0) is 0 Å². The largest absolute Gasteiger partial charge is 0.337 e. The van der Waals surface area contributed by atoms with Gasteiger partial charge in [-0.3, -0.25) is 0 Å². The zero-order valence-electron chi connectivity index (χ0n) is 17.1. The average Bonchev–Trinajstić information content (AvgIpc) is 3.38. The van der Waals surface area contributed by atoms with Gasteiger partial charge in [0.15, 0.2) is 0 Å². The van der Waals surface area contributed by atoms with Crippen molar-refractivity contribution < 1.29 is 9.32 Å². The van der Waals surface area contributed by atoms with Crippen LogP contribution in [0.1, 0.15) is 55.7 Å². The van der Waals surface area contributed by atoms with E-state index in [1.165, 1.54) is 5.56 Å². The van der Waals surface area contributed by atoms with Crippen molar-refractivity contribution in [3.05, 3.63) is 65.5 Å². The molecule has 150 valence electrons. The summed E-state index contributed by atoms with van der Waals surface area (Å²) in [5, 5.41) is 7.12. The van der Waals surface area contributed by atoms with Crippen LogP contribution in [0.2, 0.25) is 0 Å².